The molecule has 1 saturated carbocycles. The molecule has 2 heterocycles. The molecule has 1 aromatic carbocycles. The molecule has 4 rings (SSSR count). The minimum absolute atomic E-state index is 0.349. The number of benzene rings is 1. The van der Waals surface area contributed by atoms with Gasteiger partial charge in [-0.3, -0.25) is 4.90 Å². The average molecular weight is 340 g/mol. The molecule has 134 valence electrons. The van der Waals surface area contributed by atoms with E-state index in [4.69, 9.17) is 10.7 Å². The molecule has 0 bridgehead atoms. The Labute approximate surface area is 149 Å². The van der Waals surface area contributed by atoms with E-state index in [1.807, 2.05) is 31.2 Å². The van der Waals surface area contributed by atoms with Gasteiger partial charge in [-0.1, -0.05) is 25.0 Å². The van der Waals surface area contributed by atoms with Gasteiger partial charge in [0.15, 0.2) is 0 Å². The SMILES string of the molecule is C[C@]1(O)CCCC[C@@H]1[C@@H]1CCCN1Cc1nc(N)c2ccccc2n1. The zero-order valence-electron chi connectivity index (χ0n) is 15.0. The van der Waals surface area contributed by atoms with Gasteiger partial charge in [-0.15, -0.1) is 0 Å². The van der Waals surface area contributed by atoms with Crippen molar-refractivity contribution in [3.63, 3.8) is 0 Å². The van der Waals surface area contributed by atoms with Gasteiger partial charge in [-0.05, 0) is 51.3 Å². The maximum absolute atomic E-state index is 10.9. The molecule has 0 radical (unpaired) electrons. The monoisotopic (exact) mass is 340 g/mol. The lowest BCUT2D eigenvalue weighted by Crippen LogP contribution is -2.48. The van der Waals surface area contributed by atoms with Crippen LogP contribution in [0.25, 0.3) is 10.9 Å². The Hall–Kier alpha value is -1.72. The van der Waals surface area contributed by atoms with E-state index in [9.17, 15) is 5.11 Å². The number of nitrogen functional groups attached to an aromatic ring is 1. The first kappa shape index (κ1) is 16.7. The van der Waals surface area contributed by atoms with Crippen LogP contribution in [-0.4, -0.2) is 38.2 Å². The maximum Gasteiger partial charge on any atom is 0.145 e. The number of nitrogens with two attached hydrogens (primary N) is 1. The molecule has 0 unspecified atom stereocenters. The molecule has 5 nitrogen and oxygen atoms in total. The highest BCUT2D eigenvalue weighted by atomic mass is 16.3. The third-order valence-corrected chi connectivity index (χ3v) is 6.15. The van der Waals surface area contributed by atoms with E-state index in [1.165, 1.54) is 12.8 Å². The molecule has 25 heavy (non-hydrogen) atoms. The first-order chi connectivity index (χ1) is 12.0. The second-order valence-corrected chi connectivity index (χ2v) is 7.93. The van der Waals surface area contributed by atoms with Crippen LogP contribution in [0, 0.1) is 5.92 Å². The Morgan fingerprint density at radius 2 is 2.04 bits per heavy atom. The first-order valence-corrected chi connectivity index (χ1v) is 9.52. The number of likely N-dealkylation sites (tertiary alicyclic amines) is 1. The molecule has 0 amide bonds. The molecular formula is C20H28N4O. The number of hydrogen-bond donors (Lipinski definition) is 2. The van der Waals surface area contributed by atoms with Crippen molar-refractivity contribution in [3.05, 3.63) is 30.1 Å². The van der Waals surface area contributed by atoms with Crippen LogP contribution in [-0.2, 0) is 6.54 Å². The van der Waals surface area contributed by atoms with Crippen molar-refractivity contribution in [3.8, 4) is 0 Å². The van der Waals surface area contributed by atoms with Crippen LogP contribution < -0.4 is 5.73 Å². The van der Waals surface area contributed by atoms with Crippen LogP contribution in [0.3, 0.4) is 0 Å². The van der Waals surface area contributed by atoms with Crippen LogP contribution in [0.5, 0.6) is 0 Å². The molecular weight excluding hydrogens is 312 g/mol. The van der Waals surface area contributed by atoms with Crippen molar-refractivity contribution in [1.82, 2.24) is 14.9 Å². The number of aliphatic hydroxyl groups is 1. The second kappa shape index (κ2) is 6.54. The third kappa shape index (κ3) is 3.23. The first-order valence-electron chi connectivity index (χ1n) is 9.52. The summed E-state index contributed by atoms with van der Waals surface area (Å²) >= 11 is 0. The molecule has 2 aromatic rings. The highest BCUT2D eigenvalue weighted by Gasteiger charge is 2.43. The van der Waals surface area contributed by atoms with E-state index in [2.05, 4.69) is 9.88 Å². The number of aromatic nitrogens is 2. The van der Waals surface area contributed by atoms with Gasteiger partial charge in [0.25, 0.3) is 0 Å². The van der Waals surface area contributed by atoms with Crippen molar-refractivity contribution in [1.29, 1.82) is 0 Å². The Kier molecular flexibility index (Phi) is 4.38. The summed E-state index contributed by atoms with van der Waals surface area (Å²) in [6, 6.07) is 8.32. The predicted octanol–water partition coefficient (Wildman–Crippen LogP) is 3.12. The average Bonchev–Trinajstić information content (AvgIpc) is 3.02. The zero-order valence-corrected chi connectivity index (χ0v) is 15.0. The van der Waals surface area contributed by atoms with Crippen LogP contribution in [0.15, 0.2) is 24.3 Å². The van der Waals surface area contributed by atoms with Gasteiger partial charge in [0.2, 0.25) is 0 Å². The third-order valence-electron chi connectivity index (χ3n) is 6.15. The normalized spacial score (nSPS) is 30.8. The molecule has 1 aliphatic carbocycles. The van der Waals surface area contributed by atoms with Gasteiger partial charge in [-0.25, -0.2) is 9.97 Å². The lowest BCUT2D eigenvalue weighted by molar-refractivity contribution is -0.0631. The summed E-state index contributed by atoms with van der Waals surface area (Å²) in [4.78, 5) is 11.7. The lowest BCUT2D eigenvalue weighted by atomic mass is 9.72. The van der Waals surface area contributed by atoms with E-state index >= 15 is 0 Å². The fourth-order valence-corrected chi connectivity index (χ4v) is 4.86. The number of hydrogen-bond acceptors (Lipinski definition) is 5. The molecule has 3 atom stereocenters. The van der Waals surface area contributed by atoms with Gasteiger partial charge in [0.1, 0.15) is 11.6 Å². The molecule has 2 fully saturated rings. The van der Waals surface area contributed by atoms with Gasteiger partial charge in [0.05, 0.1) is 17.7 Å². The van der Waals surface area contributed by atoms with Crippen molar-refractivity contribution < 1.29 is 5.11 Å². The zero-order chi connectivity index (χ0) is 17.4. The van der Waals surface area contributed by atoms with Crippen LogP contribution in [0.2, 0.25) is 0 Å². The second-order valence-electron chi connectivity index (χ2n) is 7.93. The van der Waals surface area contributed by atoms with Crippen molar-refractivity contribution in [2.24, 2.45) is 5.92 Å². The summed E-state index contributed by atoms with van der Waals surface area (Å²) in [5, 5.41) is 11.8. The Morgan fingerprint density at radius 3 is 2.88 bits per heavy atom. The number of fused-ring (bicyclic) bond motifs is 1. The number of para-hydroxylation sites is 1. The van der Waals surface area contributed by atoms with E-state index in [0.29, 0.717) is 24.3 Å². The molecule has 5 heteroatoms. The lowest BCUT2D eigenvalue weighted by Gasteiger charge is -2.43. The summed E-state index contributed by atoms with van der Waals surface area (Å²) in [5.41, 5.74) is 6.50. The van der Waals surface area contributed by atoms with E-state index < -0.39 is 5.60 Å². The Balaban J connectivity index is 1.57. The Bertz CT molecular complexity index is 760. The minimum atomic E-state index is -0.547. The van der Waals surface area contributed by atoms with Crippen molar-refractivity contribution in [2.75, 3.05) is 12.3 Å². The van der Waals surface area contributed by atoms with Gasteiger partial charge in [0, 0.05) is 17.3 Å². The summed E-state index contributed by atoms with van der Waals surface area (Å²) in [7, 11) is 0. The number of rotatable bonds is 3. The number of nitrogens with zero attached hydrogens (tertiary/aromatic N) is 3. The summed E-state index contributed by atoms with van der Waals surface area (Å²) < 4.78 is 0. The summed E-state index contributed by atoms with van der Waals surface area (Å²) in [6.07, 6.45) is 6.74. The van der Waals surface area contributed by atoms with Gasteiger partial charge >= 0.3 is 0 Å². The number of anilines is 1. The largest absolute Gasteiger partial charge is 0.390 e. The van der Waals surface area contributed by atoms with Gasteiger partial charge in [-0.2, -0.15) is 0 Å². The molecule has 2 aliphatic rings. The van der Waals surface area contributed by atoms with Crippen LogP contribution in [0.1, 0.15) is 51.3 Å². The van der Waals surface area contributed by atoms with Crippen LogP contribution in [0.4, 0.5) is 5.82 Å². The summed E-state index contributed by atoms with van der Waals surface area (Å²) in [6.45, 7) is 3.79. The maximum atomic E-state index is 10.9. The molecule has 1 aromatic heterocycles. The molecule has 3 N–H and O–H groups in total. The standard InChI is InChI=1S/C20H28N4O/c1-20(25)11-5-4-8-15(20)17-10-6-12-24(17)13-18-22-16-9-3-2-7-14(16)19(21)23-18/h2-3,7,9,15,17,25H,4-6,8,10-13H2,1H3,(H2,21,22,23)/t15-,17+,20+/m1/s1. The quantitative estimate of drug-likeness (QED) is 0.898. The molecule has 0 spiro atoms. The fraction of sp³-hybridized carbons (Fsp3) is 0.600. The van der Waals surface area contributed by atoms with Gasteiger partial charge < -0.3 is 10.8 Å². The summed E-state index contributed by atoms with van der Waals surface area (Å²) in [5.74, 6) is 1.70. The van der Waals surface area contributed by atoms with E-state index in [1.54, 1.807) is 0 Å². The Morgan fingerprint density at radius 1 is 1.20 bits per heavy atom. The molecule has 1 saturated heterocycles. The minimum Gasteiger partial charge on any atom is -0.390 e. The van der Waals surface area contributed by atoms with Crippen molar-refractivity contribution in [2.45, 2.75) is 63.6 Å². The molecule has 1 aliphatic heterocycles. The fourth-order valence-electron chi connectivity index (χ4n) is 4.86. The van der Waals surface area contributed by atoms with Crippen molar-refractivity contribution >= 4 is 16.7 Å². The smallest absolute Gasteiger partial charge is 0.145 e. The predicted molar refractivity (Wildman–Crippen MR) is 100.0 cm³/mol. The highest BCUT2D eigenvalue weighted by molar-refractivity contribution is 5.87. The highest BCUT2D eigenvalue weighted by Crippen LogP contribution is 2.41. The van der Waals surface area contributed by atoms with E-state index in [0.717, 1.165) is 49.0 Å². The van der Waals surface area contributed by atoms with E-state index in [-0.39, 0.29) is 0 Å². The van der Waals surface area contributed by atoms with Crippen LogP contribution >= 0.6 is 0 Å². The topological polar surface area (TPSA) is 75.3 Å².